The number of aliphatic hydroxyl groups excluding tert-OH is 1. The third-order valence-electron chi connectivity index (χ3n) is 5.47. The molecule has 0 amide bonds. The number of aliphatic hydroxyl groups is 1. The van der Waals surface area contributed by atoms with E-state index in [1.54, 1.807) is 6.07 Å². The lowest BCUT2D eigenvalue weighted by Crippen LogP contribution is -2.28. The van der Waals surface area contributed by atoms with Crippen LogP contribution in [-0.4, -0.2) is 42.0 Å². The first-order chi connectivity index (χ1) is 15.0. The molecule has 0 aliphatic rings. The summed E-state index contributed by atoms with van der Waals surface area (Å²) in [6.45, 7) is 9.73. The molecular formula is C25H30INO4. The molecular weight excluding hydrogens is 505 g/mol. The van der Waals surface area contributed by atoms with Crippen LogP contribution in [0.3, 0.4) is 0 Å². The molecule has 0 saturated carbocycles. The minimum atomic E-state index is -0.807. The maximum atomic E-state index is 13.5. The van der Waals surface area contributed by atoms with Crippen molar-refractivity contribution >= 4 is 39.3 Å². The smallest absolute Gasteiger partial charge is 0.197 e. The van der Waals surface area contributed by atoms with Crippen LogP contribution in [0.15, 0.2) is 46.9 Å². The van der Waals surface area contributed by atoms with Gasteiger partial charge in [0.05, 0.1) is 9.13 Å². The second-order valence-corrected chi connectivity index (χ2v) is 8.65. The number of hydrogen-bond donors (Lipinski definition) is 1. The van der Waals surface area contributed by atoms with Crippen LogP contribution in [0.1, 0.15) is 61.4 Å². The maximum absolute atomic E-state index is 13.5. The number of nitrogens with zero attached hydrogens (tertiary/aromatic N) is 1. The van der Waals surface area contributed by atoms with E-state index in [9.17, 15) is 9.90 Å². The molecule has 0 aliphatic heterocycles. The zero-order valence-electron chi connectivity index (χ0n) is 18.4. The molecule has 1 heterocycles. The van der Waals surface area contributed by atoms with E-state index in [0.717, 1.165) is 40.8 Å². The van der Waals surface area contributed by atoms with Crippen LogP contribution in [0.4, 0.5) is 0 Å². The summed E-state index contributed by atoms with van der Waals surface area (Å²) in [5, 5.41) is 11.3. The van der Waals surface area contributed by atoms with Crippen molar-refractivity contribution in [1.29, 1.82) is 0 Å². The number of likely N-dealkylation sites (N-methyl/N-ethyl adjacent to an activating group) is 1. The molecule has 1 N–H and O–H groups in total. The summed E-state index contributed by atoms with van der Waals surface area (Å²) in [6.07, 6.45) is 0.526. The summed E-state index contributed by atoms with van der Waals surface area (Å²) in [7, 11) is 0. The summed E-state index contributed by atoms with van der Waals surface area (Å²) < 4.78 is 12.7. The Labute approximate surface area is 197 Å². The first-order valence-corrected chi connectivity index (χ1v) is 12.0. The van der Waals surface area contributed by atoms with E-state index >= 15 is 0 Å². The zero-order chi connectivity index (χ0) is 22.4. The molecule has 0 bridgehead atoms. The molecule has 0 spiro atoms. The van der Waals surface area contributed by atoms with E-state index in [-0.39, 0.29) is 5.78 Å². The van der Waals surface area contributed by atoms with Crippen LogP contribution >= 0.6 is 22.6 Å². The van der Waals surface area contributed by atoms with E-state index in [2.05, 4.69) is 41.3 Å². The Morgan fingerprint density at radius 3 is 2.58 bits per heavy atom. The molecule has 3 aromatic rings. The van der Waals surface area contributed by atoms with Crippen molar-refractivity contribution in [2.24, 2.45) is 0 Å². The average Bonchev–Trinajstić information content (AvgIpc) is 3.17. The highest BCUT2D eigenvalue weighted by Crippen LogP contribution is 2.34. The van der Waals surface area contributed by atoms with Crippen LogP contribution in [-0.2, 0) is 0 Å². The number of rotatable bonds is 11. The number of halogens is 1. The lowest BCUT2D eigenvalue weighted by atomic mass is 9.97. The molecule has 166 valence electrons. The fourth-order valence-electron chi connectivity index (χ4n) is 3.67. The molecule has 6 heteroatoms. The second-order valence-electron chi connectivity index (χ2n) is 7.49. The molecule has 2 aromatic carbocycles. The predicted octanol–water partition coefficient (Wildman–Crippen LogP) is 5.82. The monoisotopic (exact) mass is 535 g/mol. The Balaban J connectivity index is 1.87. The second kappa shape index (κ2) is 11.1. The number of hydrogen-bond acceptors (Lipinski definition) is 5. The molecule has 0 fully saturated rings. The number of benzene rings is 2. The number of carbonyl (C=O) groups is 1. The minimum Gasteiger partial charge on any atom is -0.491 e. The highest BCUT2D eigenvalue weighted by molar-refractivity contribution is 14.1. The Hall–Kier alpha value is -1.90. The van der Waals surface area contributed by atoms with Gasteiger partial charge in [-0.25, -0.2) is 0 Å². The van der Waals surface area contributed by atoms with E-state index < -0.39 is 6.10 Å². The van der Waals surface area contributed by atoms with E-state index in [4.69, 9.17) is 9.15 Å². The van der Waals surface area contributed by atoms with Gasteiger partial charge in [-0.05, 0) is 66.4 Å². The molecule has 0 saturated heterocycles. The number of ether oxygens (including phenoxy) is 1. The first-order valence-electron chi connectivity index (χ1n) is 10.9. The van der Waals surface area contributed by atoms with Gasteiger partial charge in [-0.2, -0.15) is 0 Å². The number of carbonyl (C=O) groups excluding carboxylic acids is 1. The molecule has 0 aliphatic carbocycles. The molecule has 5 nitrogen and oxygen atoms in total. The quantitative estimate of drug-likeness (QED) is 0.248. The normalized spacial score (nSPS) is 12.5. The van der Waals surface area contributed by atoms with E-state index in [0.29, 0.717) is 35.5 Å². The van der Waals surface area contributed by atoms with Gasteiger partial charge in [-0.15, -0.1) is 0 Å². The highest BCUT2D eigenvalue weighted by atomic mass is 127. The molecule has 1 atom stereocenters. The number of fused-ring (bicyclic) bond motifs is 1. The van der Waals surface area contributed by atoms with Gasteiger partial charge in [-0.3, -0.25) is 4.79 Å². The van der Waals surface area contributed by atoms with Crippen molar-refractivity contribution < 1.29 is 19.1 Å². The highest BCUT2D eigenvalue weighted by Gasteiger charge is 2.26. The topological polar surface area (TPSA) is 62.9 Å². The van der Waals surface area contributed by atoms with Crippen molar-refractivity contribution in [1.82, 2.24) is 4.90 Å². The van der Waals surface area contributed by atoms with Crippen molar-refractivity contribution in [3.8, 4) is 5.75 Å². The minimum absolute atomic E-state index is 0.150. The first kappa shape index (κ1) is 23.8. The van der Waals surface area contributed by atoms with Crippen molar-refractivity contribution in [2.45, 2.75) is 39.7 Å². The van der Waals surface area contributed by atoms with Gasteiger partial charge in [0.15, 0.2) is 5.78 Å². The van der Waals surface area contributed by atoms with Crippen LogP contribution in [0.5, 0.6) is 5.75 Å². The predicted molar refractivity (Wildman–Crippen MR) is 132 cm³/mol. The van der Waals surface area contributed by atoms with Crippen LogP contribution in [0.2, 0.25) is 0 Å². The van der Waals surface area contributed by atoms with Gasteiger partial charge in [0.2, 0.25) is 0 Å². The Morgan fingerprint density at radius 1 is 1.16 bits per heavy atom. The summed E-state index contributed by atoms with van der Waals surface area (Å²) >= 11 is 2.20. The van der Waals surface area contributed by atoms with Crippen LogP contribution in [0, 0.1) is 3.57 Å². The fourth-order valence-corrected chi connectivity index (χ4v) is 4.34. The van der Waals surface area contributed by atoms with Crippen molar-refractivity contribution in [2.75, 3.05) is 26.2 Å². The van der Waals surface area contributed by atoms with E-state index in [1.807, 2.05) is 43.3 Å². The van der Waals surface area contributed by atoms with E-state index in [1.165, 1.54) is 0 Å². The summed E-state index contributed by atoms with van der Waals surface area (Å²) in [5.41, 5.74) is 1.61. The van der Waals surface area contributed by atoms with Crippen molar-refractivity contribution in [3.05, 3.63) is 62.9 Å². The Morgan fingerprint density at radius 2 is 1.90 bits per heavy atom. The molecule has 0 radical (unpaired) electrons. The maximum Gasteiger partial charge on any atom is 0.197 e. The third-order valence-corrected chi connectivity index (χ3v) is 6.31. The van der Waals surface area contributed by atoms with Gasteiger partial charge >= 0.3 is 0 Å². The van der Waals surface area contributed by atoms with Gasteiger partial charge < -0.3 is 19.2 Å². The SMILES string of the molecule is CCCC(O)c1oc2ccccc2c1C(=O)c1ccc(OCCN(CC)CC)c(I)c1. The summed E-state index contributed by atoms with van der Waals surface area (Å²) in [5.74, 6) is 0.970. The third kappa shape index (κ3) is 5.48. The number of ketones is 1. The van der Waals surface area contributed by atoms with Crippen molar-refractivity contribution in [3.63, 3.8) is 0 Å². The average molecular weight is 535 g/mol. The fraction of sp³-hybridized carbons (Fsp3) is 0.400. The molecule has 31 heavy (non-hydrogen) atoms. The summed E-state index contributed by atoms with van der Waals surface area (Å²) in [4.78, 5) is 15.8. The van der Waals surface area contributed by atoms with Gasteiger partial charge in [0.1, 0.15) is 29.8 Å². The Bertz CT molecular complexity index is 1030. The van der Waals surface area contributed by atoms with Gasteiger partial charge in [0, 0.05) is 17.5 Å². The van der Waals surface area contributed by atoms with Gasteiger partial charge in [0.25, 0.3) is 0 Å². The molecule has 3 rings (SSSR count). The lowest BCUT2D eigenvalue weighted by Gasteiger charge is -2.18. The summed E-state index contributed by atoms with van der Waals surface area (Å²) in [6, 6.07) is 12.9. The van der Waals surface area contributed by atoms with Crippen LogP contribution < -0.4 is 4.74 Å². The standard InChI is InChI=1S/C25H30INO4/c1-4-9-20(28)25-23(18-10-7-8-11-21(18)31-25)24(29)17-12-13-22(19(26)16-17)30-15-14-27(5-2)6-3/h7-8,10-13,16,20,28H,4-6,9,14-15H2,1-3H3. The zero-order valence-corrected chi connectivity index (χ0v) is 20.5. The van der Waals surface area contributed by atoms with Gasteiger partial charge in [-0.1, -0.05) is 45.4 Å². The number of furan rings is 1. The molecule has 1 aromatic heterocycles. The Kier molecular flexibility index (Phi) is 8.51. The molecule has 1 unspecified atom stereocenters. The largest absolute Gasteiger partial charge is 0.491 e. The lowest BCUT2D eigenvalue weighted by molar-refractivity contribution is 0.102. The number of para-hydroxylation sites is 1. The van der Waals surface area contributed by atoms with Crippen LogP contribution in [0.25, 0.3) is 11.0 Å².